The molecule has 0 aliphatic carbocycles. The molecule has 0 atom stereocenters. The Bertz CT molecular complexity index is 1360. The highest BCUT2D eigenvalue weighted by atomic mass is 32.2. The van der Waals surface area contributed by atoms with E-state index in [1.807, 2.05) is 0 Å². The Morgan fingerprint density at radius 2 is 1.67 bits per heavy atom. The summed E-state index contributed by atoms with van der Waals surface area (Å²) in [6.07, 6.45) is 0. The molecule has 1 aliphatic heterocycles. The van der Waals surface area contributed by atoms with Crippen LogP contribution in [0.4, 0.5) is 21.9 Å². The van der Waals surface area contributed by atoms with Crippen LogP contribution in [0.1, 0.15) is 5.56 Å². The molecule has 0 aromatic heterocycles. The van der Waals surface area contributed by atoms with E-state index in [9.17, 15) is 23.3 Å². The van der Waals surface area contributed by atoms with Gasteiger partial charge in [0.15, 0.2) is 11.5 Å². The number of carbonyl (C=O) groups excluding carboxylic acids is 1. The van der Waals surface area contributed by atoms with Crippen LogP contribution in [0, 0.1) is 10.1 Å². The molecule has 33 heavy (non-hydrogen) atoms. The van der Waals surface area contributed by atoms with Crippen molar-refractivity contribution in [3.05, 3.63) is 82.4 Å². The fraction of sp³-hybridized carbons (Fsp3) is 0.136. The highest BCUT2D eigenvalue weighted by molar-refractivity contribution is 7.94. The van der Waals surface area contributed by atoms with Crippen LogP contribution < -0.4 is 18.7 Å². The predicted octanol–water partition coefficient (Wildman–Crippen LogP) is 3.95. The van der Waals surface area contributed by atoms with Crippen molar-refractivity contribution < 1.29 is 27.6 Å². The van der Waals surface area contributed by atoms with Gasteiger partial charge in [0.2, 0.25) is 0 Å². The molecule has 0 radical (unpaired) electrons. The number of non-ortho nitro benzene ring substituents is 1. The van der Waals surface area contributed by atoms with Crippen molar-refractivity contribution in [2.75, 3.05) is 23.4 Å². The van der Waals surface area contributed by atoms with Gasteiger partial charge in [0, 0.05) is 18.2 Å². The summed E-state index contributed by atoms with van der Waals surface area (Å²) in [7, 11) is -1.40. The molecule has 4 rings (SSSR count). The number of sulfonamides is 1. The number of methoxy groups -OCH3 is 2. The van der Waals surface area contributed by atoms with E-state index in [1.54, 1.807) is 18.2 Å². The van der Waals surface area contributed by atoms with Crippen LogP contribution in [0.25, 0.3) is 0 Å². The van der Waals surface area contributed by atoms with Crippen molar-refractivity contribution in [1.29, 1.82) is 0 Å². The summed E-state index contributed by atoms with van der Waals surface area (Å²) in [5.41, 5.74) is 0.593. The zero-order valence-electron chi connectivity index (χ0n) is 17.7. The Balaban J connectivity index is 1.85. The molecule has 11 heteroatoms. The Labute approximate surface area is 189 Å². The number of para-hydroxylation sites is 1. The lowest BCUT2D eigenvalue weighted by Crippen LogP contribution is -2.50. The third kappa shape index (κ3) is 3.82. The van der Waals surface area contributed by atoms with E-state index >= 15 is 0 Å². The predicted molar refractivity (Wildman–Crippen MR) is 120 cm³/mol. The van der Waals surface area contributed by atoms with Crippen LogP contribution in [0.2, 0.25) is 0 Å². The first kappa shape index (κ1) is 22.1. The molecule has 170 valence electrons. The molecule has 3 aromatic rings. The number of fused-ring (bicyclic) bond motifs is 1. The van der Waals surface area contributed by atoms with Gasteiger partial charge in [-0.3, -0.25) is 15.0 Å². The van der Waals surface area contributed by atoms with E-state index in [4.69, 9.17) is 9.47 Å². The molecule has 2 amide bonds. The third-order valence-corrected chi connectivity index (χ3v) is 6.89. The second-order valence-electron chi connectivity index (χ2n) is 7.07. The second-order valence-corrected chi connectivity index (χ2v) is 8.83. The smallest absolute Gasteiger partial charge is 0.343 e. The lowest BCUT2D eigenvalue weighted by molar-refractivity contribution is -0.384. The number of anilines is 2. The molecule has 0 N–H and O–H groups in total. The molecule has 0 saturated carbocycles. The molecule has 0 saturated heterocycles. The zero-order valence-corrected chi connectivity index (χ0v) is 18.5. The summed E-state index contributed by atoms with van der Waals surface area (Å²) in [4.78, 5) is 25.4. The number of rotatable bonds is 6. The van der Waals surface area contributed by atoms with Gasteiger partial charge in [-0.25, -0.2) is 13.2 Å². The zero-order chi connectivity index (χ0) is 23.8. The fourth-order valence-electron chi connectivity index (χ4n) is 3.62. The van der Waals surface area contributed by atoms with E-state index in [2.05, 4.69) is 0 Å². The van der Waals surface area contributed by atoms with Crippen LogP contribution >= 0.6 is 0 Å². The molecule has 1 aliphatic rings. The third-order valence-electron chi connectivity index (χ3n) is 5.14. The molecule has 3 aromatic carbocycles. The van der Waals surface area contributed by atoms with Crippen LogP contribution in [-0.4, -0.2) is 33.6 Å². The van der Waals surface area contributed by atoms with Gasteiger partial charge in [-0.1, -0.05) is 24.3 Å². The number of amides is 2. The normalized spacial score (nSPS) is 14.5. The SMILES string of the molecule is COc1ccc(N2C(=O)N(Cc3cccc([N+](=O)[O-])c3)c3ccccc3S2(=O)=O)cc1OC. The first-order chi connectivity index (χ1) is 15.8. The number of hydrogen-bond acceptors (Lipinski definition) is 7. The molecule has 0 spiro atoms. The standard InChI is InChI=1S/C22H19N3O7S/c1-31-19-11-10-16(13-20(19)32-2)24-22(26)23(14-15-6-5-7-17(12-15)25(27)28)18-8-3-4-9-21(18)33(24,29)30/h3-13H,14H2,1-2H3. The van der Waals surface area contributed by atoms with Gasteiger partial charge in [-0.05, 0) is 29.8 Å². The quantitative estimate of drug-likeness (QED) is 0.396. The summed E-state index contributed by atoms with van der Waals surface area (Å²) in [6.45, 7) is -0.0726. The number of urea groups is 1. The average molecular weight is 469 g/mol. The fourth-order valence-corrected chi connectivity index (χ4v) is 5.20. The number of hydrogen-bond donors (Lipinski definition) is 0. The van der Waals surface area contributed by atoms with Crippen molar-refractivity contribution in [1.82, 2.24) is 0 Å². The van der Waals surface area contributed by atoms with Crippen LogP contribution in [0.15, 0.2) is 71.6 Å². The van der Waals surface area contributed by atoms with Gasteiger partial charge in [-0.2, -0.15) is 4.31 Å². The Morgan fingerprint density at radius 1 is 0.939 bits per heavy atom. The number of nitro benzene ring substituents is 1. The van der Waals surface area contributed by atoms with Crippen molar-refractivity contribution >= 4 is 33.1 Å². The number of nitrogens with zero attached hydrogens (tertiary/aromatic N) is 3. The molecular formula is C22H19N3O7S. The van der Waals surface area contributed by atoms with Gasteiger partial charge in [0.05, 0.1) is 37.1 Å². The number of benzene rings is 3. The maximum atomic E-state index is 13.5. The summed E-state index contributed by atoms with van der Waals surface area (Å²) in [6, 6.07) is 15.5. The maximum Gasteiger partial charge on any atom is 0.343 e. The molecule has 1 heterocycles. The largest absolute Gasteiger partial charge is 0.493 e. The van der Waals surface area contributed by atoms with Crippen molar-refractivity contribution in [3.63, 3.8) is 0 Å². The van der Waals surface area contributed by atoms with Crippen LogP contribution in [0.5, 0.6) is 11.5 Å². The minimum atomic E-state index is -4.24. The van der Waals surface area contributed by atoms with E-state index in [0.29, 0.717) is 15.6 Å². The summed E-state index contributed by atoms with van der Waals surface area (Å²) < 4.78 is 38.0. The Kier molecular flexibility index (Phi) is 5.64. The first-order valence-corrected chi connectivity index (χ1v) is 11.1. The lowest BCUT2D eigenvalue weighted by atomic mass is 10.1. The highest BCUT2D eigenvalue weighted by Crippen LogP contribution is 2.40. The minimum absolute atomic E-state index is 0.0650. The average Bonchev–Trinajstić information content (AvgIpc) is 2.81. The number of carbonyl (C=O) groups is 1. The summed E-state index contributed by atoms with van der Waals surface area (Å²) in [5.74, 6) is 0.624. The Morgan fingerprint density at radius 3 is 2.36 bits per heavy atom. The van der Waals surface area contributed by atoms with E-state index < -0.39 is 21.0 Å². The number of nitro groups is 1. The van der Waals surface area contributed by atoms with Gasteiger partial charge >= 0.3 is 6.03 Å². The van der Waals surface area contributed by atoms with Gasteiger partial charge in [0.1, 0.15) is 4.90 Å². The monoisotopic (exact) mass is 469 g/mol. The van der Waals surface area contributed by atoms with Gasteiger partial charge < -0.3 is 9.47 Å². The van der Waals surface area contributed by atoms with E-state index in [0.717, 1.165) is 0 Å². The van der Waals surface area contributed by atoms with Gasteiger partial charge in [-0.15, -0.1) is 0 Å². The maximum absolute atomic E-state index is 13.5. The summed E-state index contributed by atoms with van der Waals surface area (Å²) >= 11 is 0. The van der Waals surface area contributed by atoms with Crippen molar-refractivity contribution in [3.8, 4) is 11.5 Å². The molecule has 0 unspecified atom stereocenters. The van der Waals surface area contributed by atoms with Crippen LogP contribution in [0.3, 0.4) is 0 Å². The van der Waals surface area contributed by atoms with E-state index in [1.165, 1.54) is 67.7 Å². The lowest BCUT2D eigenvalue weighted by Gasteiger charge is -2.36. The molecule has 10 nitrogen and oxygen atoms in total. The van der Waals surface area contributed by atoms with E-state index in [-0.39, 0.29) is 34.3 Å². The van der Waals surface area contributed by atoms with Crippen LogP contribution in [-0.2, 0) is 16.6 Å². The number of ether oxygens (including phenoxy) is 2. The second kappa shape index (κ2) is 8.43. The molecule has 0 fully saturated rings. The summed E-state index contributed by atoms with van der Waals surface area (Å²) in [5, 5.41) is 11.2. The minimum Gasteiger partial charge on any atom is -0.493 e. The molecule has 0 bridgehead atoms. The van der Waals surface area contributed by atoms with Gasteiger partial charge in [0.25, 0.3) is 15.7 Å². The van der Waals surface area contributed by atoms with Crippen molar-refractivity contribution in [2.45, 2.75) is 11.4 Å². The Hall–Kier alpha value is -4.12. The van der Waals surface area contributed by atoms with Crippen molar-refractivity contribution in [2.24, 2.45) is 0 Å². The molecular weight excluding hydrogens is 450 g/mol. The topological polar surface area (TPSA) is 119 Å². The highest BCUT2D eigenvalue weighted by Gasteiger charge is 2.42. The first-order valence-electron chi connectivity index (χ1n) is 9.69.